The molecule has 0 bridgehead atoms. The molecule has 2 rings (SSSR count). The molecule has 22 heavy (non-hydrogen) atoms. The molecule has 1 aliphatic heterocycles. The van der Waals surface area contributed by atoms with Gasteiger partial charge in [-0.3, -0.25) is 9.59 Å². The van der Waals surface area contributed by atoms with Crippen LogP contribution in [0, 0.1) is 0 Å². The molecule has 0 spiro atoms. The number of rotatable bonds is 6. The van der Waals surface area contributed by atoms with E-state index in [9.17, 15) is 14.4 Å². The summed E-state index contributed by atoms with van der Waals surface area (Å²) in [4.78, 5) is 40.5. The lowest BCUT2D eigenvalue weighted by molar-refractivity contribution is -0.138. The van der Waals surface area contributed by atoms with Crippen molar-refractivity contribution < 1.29 is 19.5 Å². The number of carboxylic acids is 1. The van der Waals surface area contributed by atoms with Crippen LogP contribution in [0.4, 0.5) is 0 Å². The van der Waals surface area contributed by atoms with Crippen LogP contribution in [0.25, 0.3) is 0 Å². The van der Waals surface area contributed by atoms with Gasteiger partial charge in [0.25, 0.3) is 0 Å². The lowest BCUT2D eigenvalue weighted by Gasteiger charge is -2.23. The van der Waals surface area contributed by atoms with Gasteiger partial charge in [0.1, 0.15) is 11.0 Å². The molecule has 8 heteroatoms. The summed E-state index contributed by atoms with van der Waals surface area (Å²) in [7, 11) is 0. The second kappa shape index (κ2) is 7.35. The molecule has 1 aliphatic rings. The topological polar surface area (TPSA) is 99.6 Å². The Morgan fingerprint density at radius 1 is 1.50 bits per heavy atom. The Balaban J connectivity index is 1.90. The number of nitrogens with one attached hydrogen (secondary N) is 1. The van der Waals surface area contributed by atoms with E-state index in [0.29, 0.717) is 24.4 Å². The molecular weight excluding hydrogens is 306 g/mol. The third kappa shape index (κ3) is 3.82. The Labute approximate surface area is 132 Å². The maximum absolute atomic E-state index is 12.2. The van der Waals surface area contributed by atoms with Gasteiger partial charge in [-0.05, 0) is 19.3 Å². The fourth-order valence-electron chi connectivity index (χ4n) is 2.47. The van der Waals surface area contributed by atoms with Crippen LogP contribution in [0.3, 0.4) is 0 Å². The lowest BCUT2D eigenvalue weighted by atomic mass is 10.2. The zero-order valence-corrected chi connectivity index (χ0v) is 13.2. The average molecular weight is 325 g/mol. The summed E-state index contributed by atoms with van der Waals surface area (Å²) >= 11 is 1.19. The number of hydrogen-bond donors (Lipinski definition) is 2. The predicted octanol–water partition coefficient (Wildman–Crippen LogP) is 1.25. The molecule has 2 amide bonds. The first-order chi connectivity index (χ1) is 10.5. The minimum Gasteiger partial charge on any atom is -0.476 e. The van der Waals surface area contributed by atoms with Crippen molar-refractivity contribution in [3.05, 3.63) is 16.1 Å². The first-order valence-corrected chi connectivity index (χ1v) is 8.15. The van der Waals surface area contributed by atoms with Gasteiger partial charge in [-0.2, -0.15) is 0 Å². The number of amides is 2. The molecule has 7 nitrogen and oxygen atoms in total. The average Bonchev–Trinajstić information content (AvgIpc) is 3.14. The Morgan fingerprint density at radius 2 is 2.27 bits per heavy atom. The highest BCUT2D eigenvalue weighted by atomic mass is 32.1. The second-order valence-corrected chi connectivity index (χ2v) is 6.09. The van der Waals surface area contributed by atoms with Crippen LogP contribution in [0.1, 0.15) is 48.1 Å². The molecule has 1 atom stereocenters. The molecule has 1 unspecified atom stereocenters. The SMILES string of the molecule is CCCC(=O)N1CCCC1C(=O)NCc1nc(C(=O)O)cs1. The summed E-state index contributed by atoms with van der Waals surface area (Å²) in [6.07, 6.45) is 2.71. The molecule has 1 aromatic heterocycles. The Morgan fingerprint density at radius 3 is 2.91 bits per heavy atom. The van der Waals surface area contributed by atoms with E-state index >= 15 is 0 Å². The smallest absolute Gasteiger partial charge is 0.355 e. The highest BCUT2D eigenvalue weighted by molar-refractivity contribution is 7.09. The summed E-state index contributed by atoms with van der Waals surface area (Å²) in [5, 5.41) is 13.5. The normalized spacial score (nSPS) is 17.5. The van der Waals surface area contributed by atoms with Gasteiger partial charge in [-0.1, -0.05) is 6.92 Å². The third-order valence-electron chi connectivity index (χ3n) is 3.52. The maximum Gasteiger partial charge on any atom is 0.355 e. The van der Waals surface area contributed by atoms with Crippen molar-refractivity contribution in [2.24, 2.45) is 0 Å². The van der Waals surface area contributed by atoms with Gasteiger partial charge in [-0.25, -0.2) is 9.78 Å². The van der Waals surface area contributed by atoms with Gasteiger partial charge in [0.05, 0.1) is 6.54 Å². The van der Waals surface area contributed by atoms with Gasteiger partial charge < -0.3 is 15.3 Å². The molecular formula is C14H19N3O4S. The van der Waals surface area contributed by atoms with E-state index in [4.69, 9.17) is 5.11 Å². The summed E-state index contributed by atoms with van der Waals surface area (Å²) in [6, 6.07) is -0.419. The van der Waals surface area contributed by atoms with Crippen molar-refractivity contribution in [3.63, 3.8) is 0 Å². The molecule has 2 heterocycles. The zero-order chi connectivity index (χ0) is 16.1. The summed E-state index contributed by atoms with van der Waals surface area (Å²) < 4.78 is 0. The number of hydrogen-bond acceptors (Lipinski definition) is 5. The quantitative estimate of drug-likeness (QED) is 0.820. The minimum atomic E-state index is -1.08. The number of aromatic nitrogens is 1. The summed E-state index contributed by atoms with van der Waals surface area (Å²) in [6.45, 7) is 2.74. The van der Waals surface area contributed by atoms with Crippen molar-refractivity contribution in [1.82, 2.24) is 15.2 Å². The molecule has 0 saturated carbocycles. The number of carbonyl (C=O) groups is 3. The number of carbonyl (C=O) groups excluding carboxylic acids is 2. The predicted molar refractivity (Wildman–Crippen MR) is 80.6 cm³/mol. The molecule has 1 aromatic rings. The maximum atomic E-state index is 12.2. The summed E-state index contributed by atoms with van der Waals surface area (Å²) in [5.41, 5.74) is -0.0186. The van der Waals surface area contributed by atoms with Crippen LogP contribution in [0.2, 0.25) is 0 Å². The first-order valence-electron chi connectivity index (χ1n) is 7.27. The van der Waals surface area contributed by atoms with Gasteiger partial charge >= 0.3 is 5.97 Å². The second-order valence-electron chi connectivity index (χ2n) is 5.14. The number of aromatic carboxylic acids is 1. The van der Waals surface area contributed by atoms with Crippen molar-refractivity contribution in [2.75, 3.05) is 6.54 Å². The van der Waals surface area contributed by atoms with Crippen molar-refractivity contribution in [2.45, 2.75) is 45.2 Å². The largest absolute Gasteiger partial charge is 0.476 e. The van der Waals surface area contributed by atoms with Crippen LogP contribution in [-0.2, 0) is 16.1 Å². The van der Waals surface area contributed by atoms with Crippen LogP contribution in [0.15, 0.2) is 5.38 Å². The monoisotopic (exact) mass is 325 g/mol. The highest BCUT2D eigenvalue weighted by Crippen LogP contribution is 2.19. The molecule has 0 aliphatic carbocycles. The van der Waals surface area contributed by atoms with Crippen LogP contribution in [-0.4, -0.2) is 45.4 Å². The van der Waals surface area contributed by atoms with Crippen molar-refractivity contribution >= 4 is 29.1 Å². The molecule has 0 aromatic carbocycles. The van der Waals surface area contributed by atoms with Crippen LogP contribution in [0.5, 0.6) is 0 Å². The summed E-state index contributed by atoms with van der Waals surface area (Å²) in [5.74, 6) is -1.27. The fourth-order valence-corrected chi connectivity index (χ4v) is 3.17. The Bertz CT molecular complexity index is 572. The number of thiazole rings is 1. The Hall–Kier alpha value is -1.96. The van der Waals surface area contributed by atoms with E-state index in [-0.39, 0.29) is 24.1 Å². The number of carboxylic acid groups (broad SMARTS) is 1. The lowest BCUT2D eigenvalue weighted by Crippen LogP contribution is -2.45. The fraction of sp³-hybridized carbons (Fsp3) is 0.571. The Kier molecular flexibility index (Phi) is 5.48. The van der Waals surface area contributed by atoms with E-state index in [2.05, 4.69) is 10.3 Å². The number of likely N-dealkylation sites (tertiary alicyclic amines) is 1. The number of nitrogens with zero attached hydrogens (tertiary/aromatic N) is 2. The van der Waals surface area contributed by atoms with Gasteiger partial charge in [0.2, 0.25) is 11.8 Å². The zero-order valence-electron chi connectivity index (χ0n) is 12.4. The molecule has 1 saturated heterocycles. The molecule has 120 valence electrons. The van der Waals surface area contributed by atoms with E-state index in [1.54, 1.807) is 4.90 Å². The standard InChI is InChI=1S/C14H19N3O4S/c1-2-4-12(18)17-6-3-5-10(17)13(19)15-7-11-16-9(8-22-11)14(20)21/h8,10H,2-7H2,1H3,(H,15,19)(H,20,21). The van der Waals surface area contributed by atoms with Gasteiger partial charge in [0, 0.05) is 18.3 Å². The molecule has 0 radical (unpaired) electrons. The highest BCUT2D eigenvalue weighted by Gasteiger charge is 2.33. The van der Waals surface area contributed by atoms with E-state index in [0.717, 1.165) is 12.8 Å². The van der Waals surface area contributed by atoms with Gasteiger partial charge in [-0.15, -0.1) is 11.3 Å². The van der Waals surface area contributed by atoms with Crippen molar-refractivity contribution in [1.29, 1.82) is 0 Å². The van der Waals surface area contributed by atoms with Gasteiger partial charge in [0.15, 0.2) is 5.69 Å². The third-order valence-corrected chi connectivity index (χ3v) is 4.37. The van der Waals surface area contributed by atoms with E-state index < -0.39 is 12.0 Å². The first kappa shape index (κ1) is 16.4. The molecule has 1 fully saturated rings. The molecule has 2 N–H and O–H groups in total. The van der Waals surface area contributed by atoms with E-state index in [1.165, 1.54) is 16.7 Å². The van der Waals surface area contributed by atoms with E-state index in [1.807, 2.05) is 6.92 Å². The van der Waals surface area contributed by atoms with Crippen LogP contribution < -0.4 is 5.32 Å². The minimum absolute atomic E-state index is 0.0163. The van der Waals surface area contributed by atoms with Crippen LogP contribution >= 0.6 is 11.3 Å². The van der Waals surface area contributed by atoms with Crippen molar-refractivity contribution in [3.8, 4) is 0 Å².